The monoisotopic (exact) mass is 314 g/mol. The molecule has 1 aromatic rings. The number of benzene rings is 1. The van der Waals surface area contributed by atoms with Crippen molar-refractivity contribution in [3.05, 3.63) is 35.1 Å². The Morgan fingerprint density at radius 3 is 2.86 bits per heavy atom. The van der Waals surface area contributed by atoms with Crippen molar-refractivity contribution in [2.45, 2.75) is 32.2 Å². The quantitative estimate of drug-likeness (QED) is 0.926. The van der Waals surface area contributed by atoms with Gasteiger partial charge in [0.1, 0.15) is 5.82 Å². The largest absolute Gasteiger partial charge is 0.324 e. The summed E-state index contributed by atoms with van der Waals surface area (Å²) in [6.45, 7) is 3.02. The standard InChI is InChI=1S/C15H23FN2O2S/c1-11-5-6-13(16)9-14(11)15(17)8-12-4-3-7-18(10-12)21(2,19)20/h5-6,9,12,15H,3-4,7-8,10,17H2,1-2H3. The van der Waals surface area contributed by atoms with E-state index in [1.54, 1.807) is 6.07 Å². The lowest BCUT2D eigenvalue weighted by molar-refractivity contribution is 0.247. The van der Waals surface area contributed by atoms with Gasteiger partial charge >= 0.3 is 0 Å². The number of sulfonamides is 1. The fourth-order valence-corrected chi connectivity index (χ4v) is 3.96. The first-order valence-corrected chi connectivity index (χ1v) is 9.09. The van der Waals surface area contributed by atoms with Gasteiger partial charge in [-0.1, -0.05) is 6.07 Å². The van der Waals surface area contributed by atoms with Crippen molar-refractivity contribution in [1.82, 2.24) is 4.31 Å². The molecule has 0 saturated carbocycles. The smallest absolute Gasteiger partial charge is 0.211 e. The topological polar surface area (TPSA) is 63.4 Å². The molecule has 1 aromatic carbocycles. The molecule has 21 heavy (non-hydrogen) atoms. The first-order chi connectivity index (χ1) is 9.77. The van der Waals surface area contributed by atoms with E-state index in [4.69, 9.17) is 5.73 Å². The van der Waals surface area contributed by atoms with E-state index < -0.39 is 10.0 Å². The molecule has 2 atom stereocenters. The van der Waals surface area contributed by atoms with E-state index in [0.29, 0.717) is 19.5 Å². The highest BCUT2D eigenvalue weighted by Gasteiger charge is 2.27. The van der Waals surface area contributed by atoms with Crippen molar-refractivity contribution in [1.29, 1.82) is 0 Å². The third kappa shape index (κ3) is 4.25. The lowest BCUT2D eigenvalue weighted by Crippen LogP contribution is -2.40. The SMILES string of the molecule is Cc1ccc(F)cc1C(N)CC1CCCN(S(C)(=O)=O)C1. The van der Waals surface area contributed by atoms with Crippen LogP contribution in [0.5, 0.6) is 0 Å². The molecule has 1 saturated heterocycles. The minimum absolute atomic E-state index is 0.228. The second kappa shape index (κ2) is 6.42. The molecule has 4 nitrogen and oxygen atoms in total. The first kappa shape index (κ1) is 16.4. The van der Waals surface area contributed by atoms with Gasteiger partial charge in [0.15, 0.2) is 0 Å². The Morgan fingerprint density at radius 1 is 1.48 bits per heavy atom. The van der Waals surface area contributed by atoms with Crippen molar-refractivity contribution in [3.8, 4) is 0 Å². The van der Waals surface area contributed by atoms with Gasteiger partial charge < -0.3 is 5.73 Å². The summed E-state index contributed by atoms with van der Waals surface area (Å²) in [6, 6.07) is 4.38. The van der Waals surface area contributed by atoms with Crippen LogP contribution in [0.1, 0.15) is 36.4 Å². The Labute approximate surface area is 126 Å². The van der Waals surface area contributed by atoms with Crippen LogP contribution in [0.4, 0.5) is 4.39 Å². The van der Waals surface area contributed by atoms with Gasteiger partial charge in [-0.25, -0.2) is 17.1 Å². The third-order valence-corrected chi connectivity index (χ3v) is 5.45. The van der Waals surface area contributed by atoms with Crippen LogP contribution in [0.25, 0.3) is 0 Å². The molecule has 0 spiro atoms. The fourth-order valence-electron chi connectivity index (χ4n) is 3.02. The fraction of sp³-hybridized carbons (Fsp3) is 0.600. The van der Waals surface area contributed by atoms with Gasteiger partial charge in [0.25, 0.3) is 0 Å². The summed E-state index contributed by atoms with van der Waals surface area (Å²) in [4.78, 5) is 0. The minimum Gasteiger partial charge on any atom is -0.324 e. The third-order valence-electron chi connectivity index (χ3n) is 4.18. The van der Waals surface area contributed by atoms with Crippen LogP contribution in [-0.4, -0.2) is 32.1 Å². The molecule has 2 rings (SSSR count). The molecule has 1 aliphatic heterocycles. The second-order valence-corrected chi connectivity index (χ2v) is 7.95. The molecule has 2 unspecified atom stereocenters. The van der Waals surface area contributed by atoms with Crippen molar-refractivity contribution in [2.24, 2.45) is 11.7 Å². The van der Waals surface area contributed by atoms with E-state index in [2.05, 4.69) is 0 Å². The van der Waals surface area contributed by atoms with E-state index in [1.807, 2.05) is 6.92 Å². The molecule has 0 radical (unpaired) electrons. The molecule has 1 fully saturated rings. The van der Waals surface area contributed by atoms with E-state index in [0.717, 1.165) is 24.0 Å². The number of rotatable bonds is 4. The van der Waals surface area contributed by atoms with Gasteiger partial charge in [-0.3, -0.25) is 0 Å². The Hall–Kier alpha value is -0.980. The zero-order valence-electron chi connectivity index (χ0n) is 12.5. The van der Waals surface area contributed by atoms with Gasteiger partial charge in [0.2, 0.25) is 10.0 Å². The molecule has 0 aliphatic carbocycles. The summed E-state index contributed by atoms with van der Waals surface area (Å²) in [5, 5.41) is 0. The average molecular weight is 314 g/mol. The molecule has 0 amide bonds. The van der Waals surface area contributed by atoms with Crippen LogP contribution in [0.3, 0.4) is 0 Å². The number of aryl methyl sites for hydroxylation is 1. The van der Waals surface area contributed by atoms with Crippen LogP contribution in [0, 0.1) is 18.7 Å². The van der Waals surface area contributed by atoms with Gasteiger partial charge in [-0.05, 0) is 55.4 Å². The van der Waals surface area contributed by atoms with E-state index >= 15 is 0 Å². The molecule has 0 bridgehead atoms. The molecule has 2 N–H and O–H groups in total. The molecule has 6 heteroatoms. The van der Waals surface area contributed by atoms with Crippen LogP contribution in [0.15, 0.2) is 18.2 Å². The van der Waals surface area contributed by atoms with Crippen LogP contribution in [0.2, 0.25) is 0 Å². The highest BCUT2D eigenvalue weighted by atomic mass is 32.2. The normalized spacial score (nSPS) is 22.2. The number of hydrogen-bond acceptors (Lipinski definition) is 3. The Balaban J connectivity index is 2.05. The van der Waals surface area contributed by atoms with E-state index in [9.17, 15) is 12.8 Å². The lowest BCUT2D eigenvalue weighted by Gasteiger charge is -2.32. The first-order valence-electron chi connectivity index (χ1n) is 7.24. The van der Waals surface area contributed by atoms with Crippen molar-refractivity contribution < 1.29 is 12.8 Å². The van der Waals surface area contributed by atoms with Gasteiger partial charge in [0.05, 0.1) is 6.26 Å². The van der Waals surface area contributed by atoms with Crippen molar-refractivity contribution >= 4 is 10.0 Å². The van der Waals surface area contributed by atoms with E-state index in [1.165, 1.54) is 22.7 Å². The van der Waals surface area contributed by atoms with Crippen LogP contribution < -0.4 is 5.73 Å². The van der Waals surface area contributed by atoms with Gasteiger partial charge in [0, 0.05) is 19.1 Å². The highest BCUT2D eigenvalue weighted by Crippen LogP contribution is 2.28. The molecule has 118 valence electrons. The summed E-state index contributed by atoms with van der Waals surface area (Å²) in [7, 11) is -3.14. The Bertz CT molecular complexity index is 604. The molecule has 1 aliphatic rings. The summed E-state index contributed by atoms with van der Waals surface area (Å²) >= 11 is 0. The predicted molar refractivity (Wildman–Crippen MR) is 81.8 cm³/mol. The number of piperidine rings is 1. The Morgan fingerprint density at radius 2 is 2.19 bits per heavy atom. The average Bonchev–Trinajstić information content (AvgIpc) is 2.41. The minimum atomic E-state index is -3.14. The number of nitrogens with two attached hydrogens (primary N) is 1. The summed E-state index contributed by atoms with van der Waals surface area (Å²) < 4.78 is 38.1. The molecule has 0 aromatic heterocycles. The zero-order valence-corrected chi connectivity index (χ0v) is 13.4. The number of nitrogens with zero attached hydrogens (tertiary/aromatic N) is 1. The van der Waals surface area contributed by atoms with Gasteiger partial charge in [-0.15, -0.1) is 0 Å². The maximum absolute atomic E-state index is 13.4. The van der Waals surface area contributed by atoms with Gasteiger partial charge in [-0.2, -0.15) is 0 Å². The Kier molecular flexibility index (Phi) is 5.01. The van der Waals surface area contributed by atoms with Crippen molar-refractivity contribution in [3.63, 3.8) is 0 Å². The molecule has 1 heterocycles. The predicted octanol–water partition coefficient (Wildman–Crippen LogP) is 2.20. The summed E-state index contributed by atoms with van der Waals surface area (Å²) in [5.74, 6) is -0.0569. The lowest BCUT2D eigenvalue weighted by atomic mass is 9.88. The van der Waals surface area contributed by atoms with E-state index in [-0.39, 0.29) is 17.8 Å². The maximum atomic E-state index is 13.4. The van der Waals surface area contributed by atoms with Crippen LogP contribution in [-0.2, 0) is 10.0 Å². The molecular weight excluding hydrogens is 291 g/mol. The zero-order chi connectivity index (χ0) is 15.6. The number of hydrogen-bond donors (Lipinski definition) is 1. The van der Waals surface area contributed by atoms with Crippen LogP contribution >= 0.6 is 0 Å². The highest BCUT2D eigenvalue weighted by molar-refractivity contribution is 7.88. The van der Waals surface area contributed by atoms with Crippen molar-refractivity contribution in [2.75, 3.05) is 19.3 Å². The second-order valence-electron chi connectivity index (χ2n) is 5.97. The molecular formula is C15H23FN2O2S. The summed E-state index contributed by atoms with van der Waals surface area (Å²) in [5.41, 5.74) is 8.00. The number of halogens is 1. The maximum Gasteiger partial charge on any atom is 0.211 e. The summed E-state index contributed by atoms with van der Waals surface area (Å²) in [6.07, 6.45) is 3.74.